The van der Waals surface area contributed by atoms with Gasteiger partial charge in [0.15, 0.2) is 10.8 Å². The number of nitrogens with one attached hydrogen (secondary N) is 2. The van der Waals surface area contributed by atoms with E-state index in [0.29, 0.717) is 13.1 Å². The van der Waals surface area contributed by atoms with Gasteiger partial charge in [-0.15, -0.1) is 0 Å². The van der Waals surface area contributed by atoms with E-state index in [4.69, 9.17) is 4.98 Å². The number of fused-ring (bicyclic) bond motifs is 1. The molecule has 0 aliphatic carbocycles. The number of nitrogens with zero attached hydrogens (tertiary/aromatic N) is 4. The molecule has 3 aromatic rings. The van der Waals surface area contributed by atoms with Crippen molar-refractivity contribution in [3.63, 3.8) is 0 Å². The summed E-state index contributed by atoms with van der Waals surface area (Å²) in [5.41, 5.74) is 1.77. The molecule has 158 valence electrons. The average molecular weight is 425 g/mol. The van der Waals surface area contributed by atoms with Gasteiger partial charge in [-0.25, -0.2) is 14.6 Å². The molecule has 2 aromatic heterocycles. The van der Waals surface area contributed by atoms with Crippen LogP contribution < -0.4 is 10.6 Å². The van der Waals surface area contributed by atoms with Gasteiger partial charge < -0.3 is 10.6 Å². The van der Waals surface area contributed by atoms with E-state index in [-0.39, 0.29) is 11.9 Å². The third kappa shape index (κ3) is 6.06. The molecule has 0 fully saturated rings. The third-order valence-corrected chi connectivity index (χ3v) is 5.24. The molecule has 0 aliphatic rings. The number of rotatable bonds is 10. The number of carbonyl (C=O) groups excluding carboxylic acids is 1. The Kier molecular flexibility index (Phi) is 7.84. The van der Waals surface area contributed by atoms with Crippen molar-refractivity contribution in [2.75, 3.05) is 17.6 Å². The van der Waals surface area contributed by atoms with Crippen LogP contribution in [0.2, 0.25) is 0 Å². The minimum Gasteiger partial charge on any atom is -0.367 e. The molecule has 0 saturated carbocycles. The summed E-state index contributed by atoms with van der Waals surface area (Å²) >= 11 is 1.64. The maximum Gasteiger partial charge on any atom is 0.244 e. The van der Waals surface area contributed by atoms with Crippen LogP contribution in [0.25, 0.3) is 17.1 Å². The molecule has 2 N–H and O–H groups in total. The summed E-state index contributed by atoms with van der Waals surface area (Å²) in [6.45, 7) is 7.29. The van der Waals surface area contributed by atoms with Crippen LogP contribution in [0.4, 0.5) is 5.82 Å². The second-order valence-corrected chi connectivity index (χ2v) is 8.20. The average Bonchev–Trinajstić information content (AvgIpc) is 3.14. The first-order chi connectivity index (χ1) is 14.6. The lowest BCUT2D eigenvalue weighted by Crippen LogP contribution is -2.25. The van der Waals surface area contributed by atoms with Crippen molar-refractivity contribution in [3.05, 3.63) is 48.2 Å². The number of hydrogen-bond donors (Lipinski definition) is 2. The smallest absolute Gasteiger partial charge is 0.244 e. The fourth-order valence-electron chi connectivity index (χ4n) is 2.82. The Morgan fingerprint density at radius 3 is 2.77 bits per heavy atom. The Morgan fingerprint density at radius 2 is 2.03 bits per heavy atom. The van der Waals surface area contributed by atoms with Gasteiger partial charge in [0.05, 0.1) is 18.1 Å². The van der Waals surface area contributed by atoms with Gasteiger partial charge in [0.1, 0.15) is 5.82 Å². The number of aromatic nitrogens is 4. The van der Waals surface area contributed by atoms with Gasteiger partial charge in [-0.05, 0) is 31.9 Å². The van der Waals surface area contributed by atoms with Crippen LogP contribution in [-0.2, 0) is 11.3 Å². The summed E-state index contributed by atoms with van der Waals surface area (Å²) in [5, 5.41) is 12.4. The van der Waals surface area contributed by atoms with E-state index in [9.17, 15) is 4.79 Å². The molecule has 30 heavy (non-hydrogen) atoms. The number of carbonyl (C=O) groups is 1. The van der Waals surface area contributed by atoms with Crippen LogP contribution in [0.15, 0.2) is 47.8 Å². The first-order valence-corrected chi connectivity index (χ1v) is 11.2. The molecule has 0 atom stereocenters. The van der Waals surface area contributed by atoms with E-state index in [1.807, 2.05) is 35.0 Å². The van der Waals surface area contributed by atoms with Crippen LogP contribution in [0.1, 0.15) is 32.8 Å². The highest BCUT2D eigenvalue weighted by molar-refractivity contribution is 7.99. The maximum absolute atomic E-state index is 12.1. The summed E-state index contributed by atoms with van der Waals surface area (Å²) in [6, 6.07) is 10.00. The van der Waals surface area contributed by atoms with Crippen molar-refractivity contribution in [2.45, 2.75) is 44.9 Å². The zero-order valence-corrected chi connectivity index (χ0v) is 18.4. The Morgan fingerprint density at radius 1 is 1.23 bits per heavy atom. The predicted molar refractivity (Wildman–Crippen MR) is 124 cm³/mol. The molecule has 2 heterocycles. The van der Waals surface area contributed by atoms with Gasteiger partial charge in [0.2, 0.25) is 5.91 Å². The summed E-state index contributed by atoms with van der Waals surface area (Å²) < 4.78 is 1.82. The molecule has 0 unspecified atom stereocenters. The highest BCUT2D eigenvalue weighted by Gasteiger charge is 2.14. The van der Waals surface area contributed by atoms with Crippen LogP contribution in [0.5, 0.6) is 0 Å². The number of hydrogen-bond acceptors (Lipinski definition) is 6. The van der Waals surface area contributed by atoms with Crippen molar-refractivity contribution in [2.24, 2.45) is 0 Å². The Labute approximate surface area is 181 Å². The minimum absolute atomic E-state index is 0.133. The lowest BCUT2D eigenvalue weighted by Gasteiger charge is -2.12. The van der Waals surface area contributed by atoms with Crippen molar-refractivity contribution in [1.82, 2.24) is 25.1 Å². The molecule has 0 bridgehead atoms. The summed E-state index contributed by atoms with van der Waals surface area (Å²) in [6.07, 6.45) is 6.18. The fraction of sp³-hybridized carbons (Fsp3) is 0.364. The summed E-state index contributed by atoms with van der Waals surface area (Å²) in [4.78, 5) is 21.5. The lowest BCUT2D eigenvalue weighted by atomic mass is 10.2. The zero-order valence-electron chi connectivity index (χ0n) is 17.6. The lowest BCUT2D eigenvalue weighted by molar-refractivity contribution is -0.116. The molecular weight excluding hydrogens is 396 g/mol. The largest absolute Gasteiger partial charge is 0.367 e. The quantitative estimate of drug-likeness (QED) is 0.291. The molecule has 1 aromatic carbocycles. The second kappa shape index (κ2) is 10.8. The zero-order chi connectivity index (χ0) is 21.3. The topological polar surface area (TPSA) is 84.7 Å². The number of anilines is 1. The standard InChI is InChI=1S/C22H28N6OS/c1-4-14-30-22-26-20(25-16(2)3)18-15-24-28(21(18)27-22)13-12-23-19(29)11-10-17-8-6-5-7-9-17/h5-11,15-16H,4,12-14H2,1-3H3,(H,23,29)(H,25,26,27)/b11-10-. The minimum atomic E-state index is -0.133. The van der Waals surface area contributed by atoms with Crippen LogP contribution in [0, 0.1) is 0 Å². The number of amides is 1. The van der Waals surface area contributed by atoms with Crippen LogP contribution in [-0.4, -0.2) is 44.0 Å². The van der Waals surface area contributed by atoms with Gasteiger partial charge in [-0.1, -0.05) is 49.0 Å². The Balaban J connectivity index is 1.68. The van der Waals surface area contributed by atoms with Crippen LogP contribution >= 0.6 is 11.8 Å². The van der Waals surface area contributed by atoms with Crippen molar-refractivity contribution in [3.8, 4) is 0 Å². The van der Waals surface area contributed by atoms with Gasteiger partial charge in [0.25, 0.3) is 0 Å². The molecule has 7 nitrogen and oxygen atoms in total. The number of thioether (sulfide) groups is 1. The normalized spacial score (nSPS) is 11.5. The first kappa shape index (κ1) is 21.8. The molecule has 3 rings (SSSR count). The third-order valence-electron chi connectivity index (χ3n) is 4.19. The van der Waals surface area contributed by atoms with Gasteiger partial charge in [-0.2, -0.15) is 5.10 Å². The van der Waals surface area contributed by atoms with Gasteiger partial charge >= 0.3 is 0 Å². The van der Waals surface area contributed by atoms with Crippen LogP contribution in [0.3, 0.4) is 0 Å². The molecule has 1 amide bonds. The van der Waals surface area contributed by atoms with E-state index >= 15 is 0 Å². The Bertz CT molecular complexity index is 1000. The van der Waals surface area contributed by atoms with E-state index < -0.39 is 0 Å². The fourth-order valence-corrected chi connectivity index (χ4v) is 3.51. The first-order valence-electron chi connectivity index (χ1n) is 10.2. The highest BCUT2D eigenvalue weighted by Crippen LogP contribution is 2.25. The SMILES string of the molecule is CCCSc1nc(NC(C)C)c2cnn(CCNC(=O)/C=C\c3ccccc3)c2n1. The molecular formula is C22H28N6OS. The molecule has 8 heteroatoms. The summed E-state index contributed by atoms with van der Waals surface area (Å²) in [7, 11) is 0. The maximum atomic E-state index is 12.1. The monoisotopic (exact) mass is 424 g/mol. The number of benzene rings is 1. The van der Waals surface area contributed by atoms with E-state index in [1.54, 1.807) is 30.1 Å². The van der Waals surface area contributed by atoms with Gasteiger partial charge in [-0.3, -0.25) is 4.79 Å². The summed E-state index contributed by atoms with van der Waals surface area (Å²) in [5.74, 6) is 1.63. The molecule has 0 saturated heterocycles. The van der Waals surface area contributed by atoms with Gasteiger partial charge in [0, 0.05) is 24.4 Å². The van der Waals surface area contributed by atoms with E-state index in [0.717, 1.165) is 39.7 Å². The molecule has 0 radical (unpaired) electrons. The predicted octanol–water partition coefficient (Wildman–Crippen LogP) is 3.98. The Hall–Kier alpha value is -2.87. The molecule has 0 aliphatic heterocycles. The van der Waals surface area contributed by atoms with E-state index in [2.05, 4.69) is 41.5 Å². The van der Waals surface area contributed by atoms with Crippen molar-refractivity contribution >= 4 is 40.6 Å². The van der Waals surface area contributed by atoms with Crippen molar-refractivity contribution < 1.29 is 4.79 Å². The highest BCUT2D eigenvalue weighted by atomic mass is 32.2. The van der Waals surface area contributed by atoms with Crippen molar-refractivity contribution in [1.29, 1.82) is 0 Å². The van der Waals surface area contributed by atoms with E-state index in [1.165, 1.54) is 0 Å². The second-order valence-electron chi connectivity index (χ2n) is 7.14. The molecule has 0 spiro atoms.